The summed E-state index contributed by atoms with van der Waals surface area (Å²) in [4.78, 5) is 0. The largest absolute Gasteiger partial charge is 0.461 e. The second kappa shape index (κ2) is 5.51. The molecule has 110 valence electrons. The number of hydrogen-bond donors (Lipinski definition) is 0. The van der Waals surface area contributed by atoms with Crippen LogP contribution in [0.2, 0.25) is 0 Å². The third kappa shape index (κ3) is 2.41. The molecule has 4 aromatic rings. The second-order valence-electron chi connectivity index (χ2n) is 5.31. The van der Waals surface area contributed by atoms with Gasteiger partial charge in [-0.15, -0.1) is 0 Å². The predicted octanol–water partition coefficient (Wildman–Crippen LogP) is 5.31. The van der Waals surface area contributed by atoms with Crippen LogP contribution in [0, 0.1) is 11.3 Å². The first-order valence-electron chi connectivity index (χ1n) is 7.41. The number of nitriles is 1. The maximum atomic E-state index is 9.35. The van der Waals surface area contributed by atoms with E-state index in [4.69, 9.17) is 8.83 Å². The van der Waals surface area contributed by atoms with Crippen molar-refractivity contribution < 1.29 is 8.83 Å². The lowest BCUT2D eigenvalue weighted by atomic mass is 10.1. The lowest BCUT2D eigenvalue weighted by Gasteiger charge is -1.89. The number of nitrogens with zero attached hydrogens (tertiary/aromatic N) is 1. The summed E-state index contributed by atoms with van der Waals surface area (Å²) in [6.07, 6.45) is 4.44. The Bertz CT molecular complexity index is 1030. The number of benzene rings is 2. The van der Waals surface area contributed by atoms with Crippen LogP contribution in [-0.4, -0.2) is 0 Å². The summed E-state index contributed by atoms with van der Waals surface area (Å²) >= 11 is 0. The average molecular weight is 299 g/mol. The van der Waals surface area contributed by atoms with Gasteiger partial charge in [0.25, 0.3) is 0 Å². The van der Waals surface area contributed by atoms with Gasteiger partial charge in [0.1, 0.15) is 34.3 Å². The van der Waals surface area contributed by atoms with Gasteiger partial charge in [0.2, 0.25) is 0 Å². The van der Waals surface area contributed by atoms with E-state index in [0.717, 1.165) is 27.7 Å². The van der Waals surface area contributed by atoms with Crippen molar-refractivity contribution in [2.75, 3.05) is 0 Å². The van der Waals surface area contributed by atoms with Gasteiger partial charge in [0.15, 0.2) is 0 Å². The number of rotatable bonds is 3. The molecule has 0 aliphatic carbocycles. The molecule has 0 fully saturated rings. The summed E-state index contributed by atoms with van der Waals surface area (Å²) in [6.45, 7) is 0. The van der Waals surface area contributed by atoms with E-state index in [1.807, 2.05) is 66.7 Å². The third-order valence-corrected chi connectivity index (χ3v) is 3.80. The van der Waals surface area contributed by atoms with Gasteiger partial charge in [-0.1, -0.05) is 36.4 Å². The maximum Gasteiger partial charge on any atom is 0.145 e. The van der Waals surface area contributed by atoms with Gasteiger partial charge in [-0.3, -0.25) is 0 Å². The van der Waals surface area contributed by atoms with E-state index in [2.05, 4.69) is 6.07 Å². The van der Waals surface area contributed by atoms with Gasteiger partial charge in [0.05, 0.1) is 0 Å². The highest BCUT2D eigenvalue weighted by atomic mass is 16.3. The highest BCUT2D eigenvalue weighted by Crippen LogP contribution is 2.26. The molecule has 0 saturated carbocycles. The van der Waals surface area contributed by atoms with Crippen LogP contribution in [0.3, 0.4) is 0 Å². The van der Waals surface area contributed by atoms with Crippen molar-refractivity contribution in [2.45, 2.75) is 6.42 Å². The molecule has 0 bridgehead atoms. The molecular weight excluding hydrogens is 286 g/mol. The minimum absolute atomic E-state index is 0.571. The molecule has 2 aromatic heterocycles. The van der Waals surface area contributed by atoms with Crippen LogP contribution < -0.4 is 0 Å². The fourth-order valence-electron chi connectivity index (χ4n) is 2.72. The van der Waals surface area contributed by atoms with Crippen molar-refractivity contribution >= 4 is 28.0 Å². The highest BCUT2D eigenvalue weighted by molar-refractivity contribution is 5.87. The van der Waals surface area contributed by atoms with Crippen molar-refractivity contribution in [1.82, 2.24) is 0 Å². The van der Waals surface area contributed by atoms with Crippen molar-refractivity contribution in [1.29, 1.82) is 5.26 Å². The minimum Gasteiger partial charge on any atom is -0.461 e. The summed E-state index contributed by atoms with van der Waals surface area (Å²) in [6, 6.07) is 19.7. The van der Waals surface area contributed by atoms with Crippen molar-refractivity contribution in [2.24, 2.45) is 0 Å². The maximum absolute atomic E-state index is 9.35. The smallest absolute Gasteiger partial charge is 0.145 e. The zero-order valence-electron chi connectivity index (χ0n) is 12.3. The molecule has 0 saturated heterocycles. The van der Waals surface area contributed by atoms with Crippen LogP contribution >= 0.6 is 0 Å². The molecule has 4 rings (SSSR count). The number of fused-ring (bicyclic) bond motifs is 2. The Balaban J connectivity index is 1.62. The predicted molar refractivity (Wildman–Crippen MR) is 89.9 cm³/mol. The van der Waals surface area contributed by atoms with E-state index in [1.165, 1.54) is 0 Å². The lowest BCUT2D eigenvalue weighted by molar-refractivity contribution is 0.565. The molecule has 0 spiro atoms. The molecule has 0 unspecified atom stereocenters. The Hall–Kier alpha value is -3.25. The van der Waals surface area contributed by atoms with Gasteiger partial charge in [-0.2, -0.15) is 5.26 Å². The standard InChI is InChI=1S/C20H13NO2/c21-13-17-16-8-2-4-10-19(16)23-20(17)11-5-7-15-12-14-6-1-3-9-18(14)22-15/h1-6,8-12H,7H2. The molecule has 0 amide bonds. The first kappa shape index (κ1) is 13.4. The summed E-state index contributed by atoms with van der Waals surface area (Å²) in [5.74, 6) is 1.47. The van der Waals surface area contributed by atoms with E-state index in [-0.39, 0.29) is 0 Å². The van der Waals surface area contributed by atoms with E-state index in [0.29, 0.717) is 17.7 Å². The monoisotopic (exact) mass is 299 g/mol. The molecular formula is C20H13NO2. The first-order chi connectivity index (χ1) is 11.3. The molecule has 0 aliphatic heterocycles. The Morgan fingerprint density at radius 3 is 2.57 bits per heavy atom. The van der Waals surface area contributed by atoms with Crippen LogP contribution in [0.5, 0.6) is 0 Å². The number of para-hydroxylation sites is 2. The van der Waals surface area contributed by atoms with Crippen molar-refractivity contribution in [3.05, 3.63) is 77.8 Å². The summed E-state index contributed by atoms with van der Waals surface area (Å²) in [7, 11) is 0. The SMILES string of the molecule is N#Cc1c(C=CCc2cc3ccccc3o2)oc2ccccc12. The molecule has 0 radical (unpaired) electrons. The summed E-state index contributed by atoms with van der Waals surface area (Å²) in [5.41, 5.74) is 2.19. The first-order valence-corrected chi connectivity index (χ1v) is 7.41. The zero-order chi connectivity index (χ0) is 15.6. The average Bonchev–Trinajstić information content (AvgIpc) is 3.14. The fourth-order valence-corrected chi connectivity index (χ4v) is 2.72. The lowest BCUT2D eigenvalue weighted by Crippen LogP contribution is -1.77. The molecule has 3 nitrogen and oxygen atoms in total. The Morgan fingerprint density at radius 1 is 0.957 bits per heavy atom. The van der Waals surface area contributed by atoms with Crippen LogP contribution in [0.4, 0.5) is 0 Å². The number of allylic oxidation sites excluding steroid dienone is 1. The molecule has 3 heteroatoms. The number of furan rings is 2. The van der Waals surface area contributed by atoms with E-state index < -0.39 is 0 Å². The number of hydrogen-bond acceptors (Lipinski definition) is 3. The second-order valence-corrected chi connectivity index (χ2v) is 5.31. The van der Waals surface area contributed by atoms with E-state index in [9.17, 15) is 5.26 Å². The summed E-state index contributed by atoms with van der Waals surface area (Å²) in [5, 5.41) is 11.3. The molecule has 0 N–H and O–H groups in total. The summed E-state index contributed by atoms with van der Waals surface area (Å²) < 4.78 is 11.5. The molecule has 0 aliphatic rings. The van der Waals surface area contributed by atoms with Gasteiger partial charge >= 0.3 is 0 Å². The Kier molecular flexibility index (Phi) is 3.21. The minimum atomic E-state index is 0.571. The van der Waals surface area contributed by atoms with E-state index >= 15 is 0 Å². The van der Waals surface area contributed by atoms with Crippen LogP contribution in [0.25, 0.3) is 28.0 Å². The normalized spacial score (nSPS) is 11.4. The van der Waals surface area contributed by atoms with Crippen LogP contribution in [0.1, 0.15) is 17.1 Å². The van der Waals surface area contributed by atoms with Crippen LogP contribution in [-0.2, 0) is 6.42 Å². The quantitative estimate of drug-likeness (QED) is 0.515. The van der Waals surface area contributed by atoms with Crippen molar-refractivity contribution in [3.8, 4) is 6.07 Å². The third-order valence-electron chi connectivity index (χ3n) is 3.80. The van der Waals surface area contributed by atoms with Gasteiger partial charge in [-0.05, 0) is 30.3 Å². The Morgan fingerprint density at radius 2 is 1.74 bits per heavy atom. The highest BCUT2D eigenvalue weighted by Gasteiger charge is 2.10. The Labute approximate surface area is 133 Å². The van der Waals surface area contributed by atoms with Gasteiger partial charge in [0, 0.05) is 17.2 Å². The van der Waals surface area contributed by atoms with Crippen LogP contribution in [0.15, 0.2) is 69.5 Å². The van der Waals surface area contributed by atoms with Gasteiger partial charge < -0.3 is 8.83 Å². The zero-order valence-corrected chi connectivity index (χ0v) is 12.3. The van der Waals surface area contributed by atoms with E-state index in [1.54, 1.807) is 0 Å². The van der Waals surface area contributed by atoms with Crippen molar-refractivity contribution in [3.63, 3.8) is 0 Å². The molecule has 23 heavy (non-hydrogen) atoms. The topological polar surface area (TPSA) is 50.1 Å². The molecule has 2 heterocycles. The molecule has 2 aromatic carbocycles. The molecule has 0 atom stereocenters. The van der Waals surface area contributed by atoms with Gasteiger partial charge in [-0.25, -0.2) is 0 Å². The fraction of sp³-hybridized carbons (Fsp3) is 0.0500.